The molecular weight excluding hydrogens is 424 g/mol. The lowest BCUT2D eigenvalue weighted by molar-refractivity contribution is -0.140. The van der Waals surface area contributed by atoms with Gasteiger partial charge in [0.2, 0.25) is 0 Å². The molecule has 1 unspecified atom stereocenters. The molecule has 176 valence electrons. The first kappa shape index (κ1) is 24.1. The van der Waals surface area contributed by atoms with Crippen molar-refractivity contribution in [3.05, 3.63) is 59.2 Å². The summed E-state index contributed by atoms with van der Waals surface area (Å²) in [6.45, 7) is 1.09. The predicted octanol–water partition coefficient (Wildman–Crippen LogP) is 3.09. The van der Waals surface area contributed by atoms with E-state index in [9.17, 15) is 14.7 Å². The van der Waals surface area contributed by atoms with E-state index in [1.807, 2.05) is 19.0 Å². The number of benzene rings is 2. The highest BCUT2D eigenvalue weighted by Gasteiger charge is 2.46. The van der Waals surface area contributed by atoms with Gasteiger partial charge < -0.3 is 29.1 Å². The number of amides is 1. The average Bonchev–Trinajstić information content (AvgIpc) is 3.07. The maximum atomic E-state index is 13.1. The first-order valence-electron chi connectivity index (χ1n) is 10.6. The second kappa shape index (κ2) is 10.4. The third kappa shape index (κ3) is 4.96. The number of ether oxygens (including phenoxy) is 3. The fraction of sp³-hybridized carbons (Fsp3) is 0.360. The first-order valence-corrected chi connectivity index (χ1v) is 10.6. The zero-order valence-electron chi connectivity index (χ0n) is 19.6. The van der Waals surface area contributed by atoms with Crippen LogP contribution >= 0.6 is 0 Å². The lowest BCUT2D eigenvalue weighted by Crippen LogP contribution is -2.32. The van der Waals surface area contributed by atoms with Crippen molar-refractivity contribution in [2.24, 2.45) is 0 Å². The van der Waals surface area contributed by atoms with Crippen LogP contribution in [0.4, 0.5) is 0 Å². The minimum absolute atomic E-state index is 0.0264. The summed E-state index contributed by atoms with van der Waals surface area (Å²) in [6.07, 6.45) is 0.664. The number of likely N-dealkylation sites (tertiary alicyclic amines) is 1. The van der Waals surface area contributed by atoms with Crippen molar-refractivity contribution >= 4 is 17.4 Å². The third-order valence-corrected chi connectivity index (χ3v) is 5.64. The summed E-state index contributed by atoms with van der Waals surface area (Å²) in [5.41, 5.74) is 1.04. The van der Waals surface area contributed by atoms with Gasteiger partial charge in [-0.25, -0.2) is 0 Å². The van der Waals surface area contributed by atoms with Gasteiger partial charge in [-0.15, -0.1) is 0 Å². The van der Waals surface area contributed by atoms with Crippen molar-refractivity contribution in [1.82, 2.24) is 9.80 Å². The monoisotopic (exact) mass is 454 g/mol. The summed E-state index contributed by atoms with van der Waals surface area (Å²) in [7, 11) is 8.50. The maximum Gasteiger partial charge on any atom is 0.295 e. The number of nitrogens with zero attached hydrogens (tertiary/aromatic N) is 2. The Labute approximate surface area is 194 Å². The number of carbonyl (C=O) groups is 2. The van der Waals surface area contributed by atoms with Crippen LogP contribution in [0.15, 0.2) is 48.0 Å². The molecule has 1 heterocycles. The van der Waals surface area contributed by atoms with Crippen LogP contribution in [0, 0.1) is 0 Å². The molecule has 1 aliphatic heterocycles. The molecule has 1 fully saturated rings. The Morgan fingerprint density at radius 2 is 1.61 bits per heavy atom. The SMILES string of the molecule is COc1ccc(/C(O)=C2/C(=O)C(=O)N(CCCN(C)C)C2c2ccc(OC)cc2OC)cc1. The van der Waals surface area contributed by atoms with Crippen LogP contribution in [-0.2, 0) is 9.59 Å². The number of hydrogen-bond acceptors (Lipinski definition) is 7. The van der Waals surface area contributed by atoms with Gasteiger partial charge in [-0.05, 0) is 63.5 Å². The van der Waals surface area contributed by atoms with Gasteiger partial charge in [-0.1, -0.05) is 0 Å². The summed E-state index contributed by atoms with van der Waals surface area (Å²) in [6, 6.07) is 11.1. The van der Waals surface area contributed by atoms with Crippen molar-refractivity contribution in [3.63, 3.8) is 0 Å². The molecular formula is C25H30N2O6. The van der Waals surface area contributed by atoms with Crippen molar-refractivity contribution in [3.8, 4) is 17.2 Å². The van der Waals surface area contributed by atoms with Crippen LogP contribution in [0.25, 0.3) is 5.76 Å². The largest absolute Gasteiger partial charge is 0.507 e. The summed E-state index contributed by atoms with van der Waals surface area (Å²) < 4.78 is 16.0. The minimum atomic E-state index is -0.796. The van der Waals surface area contributed by atoms with Crippen LogP contribution in [0.2, 0.25) is 0 Å². The van der Waals surface area contributed by atoms with Crippen LogP contribution in [0.5, 0.6) is 17.2 Å². The van der Waals surface area contributed by atoms with E-state index in [4.69, 9.17) is 14.2 Å². The quantitative estimate of drug-likeness (QED) is 0.354. The number of aliphatic hydroxyl groups is 1. The highest BCUT2D eigenvalue weighted by molar-refractivity contribution is 6.46. The molecule has 0 aromatic heterocycles. The highest BCUT2D eigenvalue weighted by atomic mass is 16.5. The molecule has 1 amide bonds. The highest BCUT2D eigenvalue weighted by Crippen LogP contribution is 2.43. The van der Waals surface area contributed by atoms with E-state index in [0.29, 0.717) is 41.3 Å². The molecule has 2 aromatic carbocycles. The van der Waals surface area contributed by atoms with E-state index in [1.54, 1.807) is 56.7 Å². The van der Waals surface area contributed by atoms with E-state index in [2.05, 4.69) is 0 Å². The van der Waals surface area contributed by atoms with Crippen LogP contribution in [-0.4, -0.2) is 75.1 Å². The fourth-order valence-corrected chi connectivity index (χ4v) is 3.94. The molecule has 1 atom stereocenters. The molecule has 0 radical (unpaired) electrons. The normalized spacial score (nSPS) is 17.5. The molecule has 33 heavy (non-hydrogen) atoms. The van der Waals surface area contributed by atoms with Crippen LogP contribution < -0.4 is 14.2 Å². The Bertz CT molecular complexity index is 1050. The summed E-state index contributed by atoms with van der Waals surface area (Å²) in [4.78, 5) is 29.7. The Balaban J connectivity index is 2.15. The minimum Gasteiger partial charge on any atom is -0.507 e. The van der Waals surface area contributed by atoms with Crippen molar-refractivity contribution in [2.75, 3.05) is 48.5 Å². The Morgan fingerprint density at radius 3 is 2.18 bits per heavy atom. The number of aliphatic hydroxyl groups excluding tert-OH is 1. The summed E-state index contributed by atoms with van der Waals surface area (Å²) in [5.74, 6) is 0.0376. The maximum absolute atomic E-state index is 13.1. The Morgan fingerprint density at radius 1 is 0.970 bits per heavy atom. The van der Waals surface area contributed by atoms with Crippen LogP contribution in [0.3, 0.4) is 0 Å². The third-order valence-electron chi connectivity index (χ3n) is 5.64. The molecule has 3 rings (SSSR count). The number of ketones is 1. The molecule has 8 heteroatoms. The molecule has 1 aliphatic rings. The number of methoxy groups -OCH3 is 3. The van der Waals surface area contributed by atoms with Gasteiger partial charge in [-0.2, -0.15) is 0 Å². The molecule has 0 bridgehead atoms. The van der Waals surface area contributed by atoms with E-state index in [0.717, 1.165) is 6.54 Å². The van der Waals surface area contributed by atoms with Gasteiger partial charge in [0.15, 0.2) is 0 Å². The zero-order valence-corrected chi connectivity index (χ0v) is 19.6. The second-order valence-corrected chi connectivity index (χ2v) is 7.99. The van der Waals surface area contributed by atoms with E-state index >= 15 is 0 Å². The lowest BCUT2D eigenvalue weighted by atomic mass is 9.94. The summed E-state index contributed by atoms with van der Waals surface area (Å²) >= 11 is 0. The molecule has 2 aromatic rings. The molecule has 1 N–H and O–H groups in total. The first-order chi connectivity index (χ1) is 15.8. The number of carbonyl (C=O) groups excluding carboxylic acids is 2. The van der Waals surface area contributed by atoms with Gasteiger partial charge in [0.1, 0.15) is 23.0 Å². The topological polar surface area (TPSA) is 88.5 Å². The lowest BCUT2D eigenvalue weighted by Gasteiger charge is -2.27. The number of Topliss-reactive ketones (excluding diaryl/α,β-unsaturated/α-hetero) is 1. The summed E-state index contributed by atoms with van der Waals surface area (Å²) in [5, 5.41) is 11.2. The number of rotatable bonds is 9. The Kier molecular flexibility index (Phi) is 7.60. The number of hydrogen-bond donors (Lipinski definition) is 1. The fourth-order valence-electron chi connectivity index (χ4n) is 3.94. The smallest absolute Gasteiger partial charge is 0.295 e. The molecule has 0 spiro atoms. The van der Waals surface area contributed by atoms with Crippen molar-refractivity contribution in [2.45, 2.75) is 12.5 Å². The van der Waals surface area contributed by atoms with Gasteiger partial charge in [-0.3, -0.25) is 9.59 Å². The molecule has 0 saturated carbocycles. The van der Waals surface area contributed by atoms with Gasteiger partial charge in [0.25, 0.3) is 11.7 Å². The van der Waals surface area contributed by atoms with Crippen molar-refractivity contribution < 1.29 is 28.9 Å². The van der Waals surface area contributed by atoms with Crippen molar-refractivity contribution in [1.29, 1.82) is 0 Å². The van der Waals surface area contributed by atoms with Crippen LogP contribution in [0.1, 0.15) is 23.6 Å². The second-order valence-electron chi connectivity index (χ2n) is 7.99. The zero-order chi connectivity index (χ0) is 24.1. The molecule has 8 nitrogen and oxygen atoms in total. The van der Waals surface area contributed by atoms with Gasteiger partial charge in [0, 0.05) is 23.7 Å². The van der Waals surface area contributed by atoms with Gasteiger partial charge >= 0.3 is 0 Å². The van der Waals surface area contributed by atoms with E-state index in [-0.39, 0.29) is 11.3 Å². The average molecular weight is 455 g/mol. The predicted molar refractivity (Wildman–Crippen MR) is 125 cm³/mol. The van der Waals surface area contributed by atoms with E-state index < -0.39 is 17.7 Å². The standard InChI is InChI=1S/C25H30N2O6/c1-26(2)13-6-14-27-22(19-12-11-18(32-4)15-20(19)33-5)21(24(29)25(27)30)23(28)16-7-9-17(31-3)10-8-16/h7-12,15,22,28H,6,13-14H2,1-5H3/b23-21-. The molecule has 1 saturated heterocycles. The molecule has 0 aliphatic carbocycles. The van der Waals surface area contributed by atoms with E-state index in [1.165, 1.54) is 12.0 Å². The van der Waals surface area contributed by atoms with Gasteiger partial charge in [0.05, 0.1) is 32.9 Å². The Hall–Kier alpha value is -3.52.